The van der Waals surface area contributed by atoms with Crippen molar-refractivity contribution in [2.75, 3.05) is 6.54 Å². The molecular weight excluding hydrogens is 309 g/mol. The smallest absolute Gasteiger partial charge is 0.724 e. The SMILES string of the molecule is NC(=O)[C@@H]1CC[C@@H]2CN1C(=O)N2OS(=O)(=O)[O-].O.O.[Na+]. The summed E-state index contributed by atoms with van der Waals surface area (Å²) in [6.07, 6.45) is 0.676. The van der Waals surface area contributed by atoms with Gasteiger partial charge in [-0.2, -0.15) is 9.35 Å². The fourth-order valence-electron chi connectivity index (χ4n) is 2.12. The Morgan fingerprint density at radius 3 is 2.35 bits per heavy atom. The number of hydrogen-bond donors (Lipinski definition) is 1. The van der Waals surface area contributed by atoms with Gasteiger partial charge in [0.25, 0.3) is 0 Å². The van der Waals surface area contributed by atoms with E-state index in [0.717, 1.165) is 4.90 Å². The molecule has 0 spiro atoms. The van der Waals surface area contributed by atoms with Crippen molar-refractivity contribution in [1.82, 2.24) is 9.96 Å². The van der Waals surface area contributed by atoms with Gasteiger partial charge in [0.15, 0.2) is 0 Å². The average Bonchev–Trinajstić information content (AvgIpc) is 2.42. The van der Waals surface area contributed by atoms with Crippen molar-refractivity contribution in [3.63, 3.8) is 0 Å². The molecule has 13 heteroatoms. The van der Waals surface area contributed by atoms with Gasteiger partial charge in [0.05, 0.1) is 6.04 Å². The minimum absolute atomic E-state index is 0. The Kier molecular flexibility index (Phi) is 8.20. The summed E-state index contributed by atoms with van der Waals surface area (Å²) in [5.41, 5.74) is 5.11. The van der Waals surface area contributed by atoms with E-state index >= 15 is 0 Å². The molecule has 20 heavy (non-hydrogen) atoms. The quantitative estimate of drug-likeness (QED) is 0.304. The zero-order valence-electron chi connectivity index (χ0n) is 10.6. The molecule has 0 saturated carbocycles. The number of hydroxylamine groups is 2. The van der Waals surface area contributed by atoms with Gasteiger partial charge in [0, 0.05) is 6.54 Å². The maximum absolute atomic E-state index is 11.7. The molecule has 2 bridgehead atoms. The third kappa shape index (κ3) is 4.26. The molecule has 0 unspecified atom stereocenters. The first kappa shape index (κ1) is 21.8. The van der Waals surface area contributed by atoms with Crippen LogP contribution in [0, 0.1) is 0 Å². The van der Waals surface area contributed by atoms with Crippen molar-refractivity contribution in [3.05, 3.63) is 0 Å². The summed E-state index contributed by atoms with van der Waals surface area (Å²) in [4.78, 5) is 23.9. The van der Waals surface area contributed by atoms with Crippen molar-refractivity contribution in [2.24, 2.45) is 5.73 Å². The van der Waals surface area contributed by atoms with Crippen LogP contribution in [0.25, 0.3) is 0 Å². The summed E-state index contributed by atoms with van der Waals surface area (Å²) < 4.78 is 35.4. The molecule has 0 aromatic rings. The molecule has 112 valence electrons. The normalized spacial score (nSPS) is 24.4. The zero-order valence-corrected chi connectivity index (χ0v) is 13.4. The minimum Gasteiger partial charge on any atom is -0.724 e. The van der Waals surface area contributed by atoms with E-state index in [1.165, 1.54) is 0 Å². The van der Waals surface area contributed by atoms with E-state index in [0.29, 0.717) is 17.9 Å². The number of rotatable bonds is 3. The Balaban J connectivity index is 0. The standard InChI is InChI=1S/C7H11N3O6S.Na.2H2O/c8-6(11)5-2-1-4-3-9(5)7(12)10(4)16-17(13,14)15;;;/h4-5H,1-3H2,(H2,8,11)(H,13,14,15);;2*1H2/q;+1;;/p-1/t4-,5+;;;/m1.../s1. The molecule has 3 amide bonds. The number of primary amides is 1. The van der Waals surface area contributed by atoms with Crippen LogP contribution in [0.5, 0.6) is 0 Å². The van der Waals surface area contributed by atoms with Crippen molar-refractivity contribution in [3.8, 4) is 0 Å². The fraction of sp³-hybridized carbons (Fsp3) is 0.714. The third-order valence-corrected chi connectivity index (χ3v) is 3.17. The Hall–Kier alpha value is -0.470. The molecule has 0 aliphatic carbocycles. The van der Waals surface area contributed by atoms with Gasteiger partial charge in [0.2, 0.25) is 16.3 Å². The molecule has 0 aromatic carbocycles. The molecule has 2 atom stereocenters. The van der Waals surface area contributed by atoms with E-state index in [4.69, 9.17) is 5.73 Å². The van der Waals surface area contributed by atoms with Gasteiger partial charge in [-0.15, -0.1) is 0 Å². The molecule has 2 aliphatic heterocycles. The van der Waals surface area contributed by atoms with E-state index < -0.39 is 34.4 Å². The fourth-order valence-corrected chi connectivity index (χ4v) is 2.51. The van der Waals surface area contributed by atoms with Gasteiger partial charge >= 0.3 is 35.6 Å². The zero-order chi connectivity index (χ0) is 12.8. The molecule has 2 aliphatic rings. The number of nitrogens with zero attached hydrogens (tertiary/aromatic N) is 2. The summed E-state index contributed by atoms with van der Waals surface area (Å²) in [7, 11) is -5.00. The van der Waals surface area contributed by atoms with E-state index in [2.05, 4.69) is 4.28 Å². The van der Waals surface area contributed by atoms with Crippen LogP contribution in [0.15, 0.2) is 0 Å². The number of piperidine rings is 1. The Morgan fingerprint density at radius 2 is 1.90 bits per heavy atom. The second-order valence-electron chi connectivity index (χ2n) is 3.89. The van der Waals surface area contributed by atoms with Gasteiger partial charge in [-0.3, -0.25) is 4.79 Å². The van der Waals surface area contributed by atoms with Crippen LogP contribution in [0.1, 0.15) is 12.8 Å². The number of carbonyl (C=O) groups is 2. The molecule has 11 nitrogen and oxygen atoms in total. The van der Waals surface area contributed by atoms with Gasteiger partial charge in [-0.25, -0.2) is 13.2 Å². The summed E-state index contributed by atoms with van der Waals surface area (Å²) in [5, 5.41) is 0.505. The van der Waals surface area contributed by atoms with Crippen molar-refractivity contribution in [1.29, 1.82) is 0 Å². The number of carbonyl (C=O) groups excluding carboxylic acids is 2. The Bertz CT molecular complexity index is 471. The first-order valence-electron chi connectivity index (χ1n) is 4.84. The number of fused-ring (bicyclic) bond motifs is 2. The van der Waals surface area contributed by atoms with Crippen LogP contribution in [0.2, 0.25) is 0 Å². The summed E-state index contributed by atoms with van der Waals surface area (Å²) in [5.74, 6) is -0.663. The monoisotopic (exact) mass is 323 g/mol. The van der Waals surface area contributed by atoms with Gasteiger partial charge in [-0.05, 0) is 12.8 Å². The average molecular weight is 323 g/mol. The first-order chi connectivity index (χ1) is 7.79. The molecule has 2 heterocycles. The summed E-state index contributed by atoms with van der Waals surface area (Å²) in [6, 6.07) is -2.14. The maximum atomic E-state index is 11.7. The predicted octanol–water partition coefficient (Wildman–Crippen LogP) is -6.51. The van der Waals surface area contributed by atoms with Gasteiger partial charge in [-0.1, -0.05) is 0 Å². The molecule has 0 aromatic heterocycles. The third-order valence-electron chi connectivity index (χ3n) is 2.82. The Morgan fingerprint density at radius 1 is 1.35 bits per heavy atom. The van der Waals surface area contributed by atoms with Gasteiger partial charge < -0.3 is 26.1 Å². The first-order valence-corrected chi connectivity index (χ1v) is 6.17. The number of urea groups is 1. The molecule has 6 N–H and O–H groups in total. The molecular formula is C7H14N3NaO8S. The molecule has 2 rings (SSSR count). The maximum Gasteiger partial charge on any atom is 1.00 e. The van der Waals surface area contributed by atoms with Crippen LogP contribution in [0.4, 0.5) is 4.79 Å². The van der Waals surface area contributed by atoms with Crippen molar-refractivity contribution < 1.29 is 67.4 Å². The number of nitrogens with two attached hydrogens (primary N) is 1. The van der Waals surface area contributed by atoms with Crippen molar-refractivity contribution >= 4 is 22.3 Å². The topological polar surface area (TPSA) is 196 Å². The van der Waals surface area contributed by atoms with E-state index in [1.54, 1.807) is 0 Å². The van der Waals surface area contributed by atoms with E-state index in [-0.39, 0.29) is 47.1 Å². The van der Waals surface area contributed by atoms with Crippen LogP contribution in [-0.2, 0) is 19.5 Å². The number of hydrogen-bond acceptors (Lipinski definition) is 6. The summed E-state index contributed by atoms with van der Waals surface area (Å²) >= 11 is 0. The predicted molar refractivity (Wildman–Crippen MR) is 58.0 cm³/mol. The molecule has 2 saturated heterocycles. The van der Waals surface area contributed by atoms with Crippen molar-refractivity contribution in [2.45, 2.75) is 24.9 Å². The second kappa shape index (κ2) is 7.51. The van der Waals surface area contributed by atoms with E-state index in [1.807, 2.05) is 0 Å². The van der Waals surface area contributed by atoms with Gasteiger partial charge in [0.1, 0.15) is 6.04 Å². The Labute approximate surface area is 136 Å². The number of amides is 3. The molecule has 0 radical (unpaired) electrons. The van der Waals surface area contributed by atoms with Crippen LogP contribution >= 0.6 is 0 Å². The second-order valence-corrected chi connectivity index (χ2v) is 4.86. The summed E-state index contributed by atoms with van der Waals surface area (Å²) in [6.45, 7) is 0.127. The molecule has 2 fully saturated rings. The van der Waals surface area contributed by atoms with Crippen LogP contribution in [0.3, 0.4) is 0 Å². The van der Waals surface area contributed by atoms with E-state index in [9.17, 15) is 22.6 Å². The largest absolute Gasteiger partial charge is 1.00 e. The van der Waals surface area contributed by atoms with Crippen LogP contribution < -0.4 is 35.3 Å². The van der Waals surface area contributed by atoms with Crippen LogP contribution in [-0.4, -0.2) is 64.5 Å². The minimum atomic E-state index is -5.00.